The lowest BCUT2D eigenvalue weighted by molar-refractivity contribution is -0.426. The van der Waals surface area contributed by atoms with E-state index in [-0.39, 0.29) is 10.6 Å². The summed E-state index contributed by atoms with van der Waals surface area (Å²) in [5, 5.41) is 15.7. The van der Waals surface area contributed by atoms with Gasteiger partial charge in [0.05, 0.1) is 4.92 Å². The van der Waals surface area contributed by atoms with Gasteiger partial charge in [0, 0.05) is 12.5 Å². The van der Waals surface area contributed by atoms with Crippen LogP contribution < -0.4 is 0 Å². The zero-order valence-electron chi connectivity index (χ0n) is 12.5. The van der Waals surface area contributed by atoms with Crippen molar-refractivity contribution < 1.29 is 4.92 Å². The summed E-state index contributed by atoms with van der Waals surface area (Å²) in [5.74, 6) is 0. The maximum Gasteiger partial charge on any atom is 0.246 e. The molecule has 3 aromatic carbocycles. The van der Waals surface area contributed by atoms with Crippen molar-refractivity contribution in [2.24, 2.45) is 0 Å². The first-order valence-electron chi connectivity index (χ1n) is 7.46. The van der Waals surface area contributed by atoms with E-state index in [4.69, 9.17) is 0 Å². The van der Waals surface area contributed by atoms with Crippen LogP contribution >= 0.6 is 0 Å². The van der Waals surface area contributed by atoms with Crippen molar-refractivity contribution in [1.29, 1.82) is 0 Å². The minimum Gasteiger partial charge on any atom is -0.259 e. The van der Waals surface area contributed by atoms with Crippen LogP contribution in [-0.4, -0.2) is 4.92 Å². The lowest BCUT2D eigenvalue weighted by Gasteiger charge is -2.08. The molecule has 3 rings (SSSR count). The number of hydrogen-bond acceptors (Lipinski definition) is 2. The van der Waals surface area contributed by atoms with Gasteiger partial charge in [0.25, 0.3) is 0 Å². The number of nitro groups is 1. The van der Waals surface area contributed by atoms with Crippen LogP contribution in [0.5, 0.6) is 0 Å². The van der Waals surface area contributed by atoms with Crippen LogP contribution in [0.4, 0.5) is 0 Å². The molecule has 0 unspecified atom stereocenters. The fourth-order valence-corrected chi connectivity index (χ4v) is 2.85. The molecule has 0 amide bonds. The lowest BCUT2D eigenvalue weighted by Crippen LogP contribution is -1.98. The molecular formula is C19H17NO2. The Hall–Kier alpha value is -2.68. The van der Waals surface area contributed by atoms with Crippen molar-refractivity contribution >= 4 is 27.6 Å². The number of fused-ring (bicyclic) bond motifs is 3. The van der Waals surface area contributed by atoms with Crippen molar-refractivity contribution in [1.82, 2.24) is 0 Å². The molecule has 0 atom stereocenters. The monoisotopic (exact) mass is 291 g/mol. The smallest absolute Gasteiger partial charge is 0.246 e. The maximum atomic E-state index is 11.2. The van der Waals surface area contributed by atoms with E-state index in [2.05, 4.69) is 12.1 Å². The Labute approximate surface area is 129 Å². The number of nitrogens with zero attached hydrogens (tertiary/aromatic N) is 1. The molecule has 0 bridgehead atoms. The Morgan fingerprint density at radius 2 is 1.68 bits per heavy atom. The standard InChI is InChI=1S/C19H17NO2/c1-2-7-16(20(21)22)13-15-12-14-8-3-4-9-17(14)19-11-6-5-10-18(15)19/h3-6,8-13H,2,7H2,1H3/b16-13-. The summed E-state index contributed by atoms with van der Waals surface area (Å²) < 4.78 is 0. The molecule has 0 radical (unpaired) electrons. The van der Waals surface area contributed by atoms with Crippen molar-refractivity contribution in [2.45, 2.75) is 19.8 Å². The van der Waals surface area contributed by atoms with Crippen LogP contribution in [0.15, 0.2) is 60.3 Å². The predicted molar refractivity (Wildman–Crippen MR) is 91.3 cm³/mol. The van der Waals surface area contributed by atoms with Crippen LogP contribution in [0.3, 0.4) is 0 Å². The molecule has 0 saturated heterocycles. The highest BCUT2D eigenvalue weighted by Crippen LogP contribution is 2.30. The summed E-state index contributed by atoms with van der Waals surface area (Å²) >= 11 is 0. The number of allylic oxidation sites excluding steroid dienone is 1. The van der Waals surface area contributed by atoms with E-state index >= 15 is 0 Å². The van der Waals surface area contributed by atoms with E-state index < -0.39 is 0 Å². The third-order valence-corrected chi connectivity index (χ3v) is 3.86. The highest BCUT2D eigenvalue weighted by molar-refractivity contribution is 6.10. The Morgan fingerprint density at radius 1 is 1.05 bits per heavy atom. The van der Waals surface area contributed by atoms with Gasteiger partial charge in [-0.2, -0.15) is 0 Å². The molecule has 0 spiro atoms. The van der Waals surface area contributed by atoms with Crippen molar-refractivity contribution in [2.75, 3.05) is 0 Å². The number of rotatable bonds is 4. The van der Waals surface area contributed by atoms with E-state index in [9.17, 15) is 10.1 Å². The second-order valence-corrected chi connectivity index (χ2v) is 5.38. The molecule has 3 aromatic rings. The minimum atomic E-state index is -0.270. The molecule has 0 fully saturated rings. The normalized spacial score (nSPS) is 12.0. The number of hydrogen-bond donors (Lipinski definition) is 0. The third kappa shape index (κ3) is 2.58. The summed E-state index contributed by atoms with van der Waals surface area (Å²) in [6.45, 7) is 1.95. The Kier molecular flexibility index (Phi) is 3.88. The Morgan fingerprint density at radius 3 is 2.36 bits per heavy atom. The Balaban J connectivity index is 2.32. The fourth-order valence-electron chi connectivity index (χ4n) is 2.85. The highest BCUT2D eigenvalue weighted by atomic mass is 16.6. The van der Waals surface area contributed by atoms with E-state index in [1.165, 1.54) is 5.39 Å². The molecular weight excluding hydrogens is 274 g/mol. The molecule has 0 saturated carbocycles. The molecule has 22 heavy (non-hydrogen) atoms. The molecule has 3 heteroatoms. The van der Waals surface area contributed by atoms with Crippen LogP contribution in [0.25, 0.3) is 27.6 Å². The van der Waals surface area contributed by atoms with Crippen LogP contribution in [0.2, 0.25) is 0 Å². The van der Waals surface area contributed by atoms with Gasteiger partial charge < -0.3 is 0 Å². The van der Waals surface area contributed by atoms with Gasteiger partial charge in [-0.1, -0.05) is 55.5 Å². The second-order valence-electron chi connectivity index (χ2n) is 5.38. The molecule has 0 N–H and O–H groups in total. The van der Waals surface area contributed by atoms with E-state index in [0.717, 1.165) is 28.1 Å². The highest BCUT2D eigenvalue weighted by Gasteiger charge is 2.11. The van der Waals surface area contributed by atoms with Gasteiger partial charge in [0.2, 0.25) is 5.70 Å². The van der Waals surface area contributed by atoms with E-state index in [1.54, 1.807) is 6.08 Å². The number of benzene rings is 3. The summed E-state index contributed by atoms with van der Waals surface area (Å²) in [5.41, 5.74) is 1.18. The summed E-state index contributed by atoms with van der Waals surface area (Å²) in [7, 11) is 0. The zero-order valence-corrected chi connectivity index (χ0v) is 12.5. The summed E-state index contributed by atoms with van der Waals surface area (Å²) in [6, 6.07) is 18.3. The maximum absolute atomic E-state index is 11.2. The quantitative estimate of drug-likeness (QED) is 0.366. The van der Waals surface area contributed by atoms with Gasteiger partial charge in [0.1, 0.15) is 0 Å². The average Bonchev–Trinajstić information content (AvgIpc) is 2.54. The van der Waals surface area contributed by atoms with Gasteiger partial charge in [-0.3, -0.25) is 10.1 Å². The van der Waals surface area contributed by atoms with Gasteiger partial charge in [0.15, 0.2) is 0 Å². The topological polar surface area (TPSA) is 43.1 Å². The molecule has 0 aliphatic heterocycles. The first kappa shape index (κ1) is 14.3. The first-order chi connectivity index (χ1) is 10.7. The average molecular weight is 291 g/mol. The fraction of sp³-hybridized carbons (Fsp3) is 0.158. The van der Waals surface area contributed by atoms with Crippen molar-refractivity contribution in [3.05, 3.63) is 76.0 Å². The first-order valence-corrected chi connectivity index (χ1v) is 7.46. The van der Waals surface area contributed by atoms with Crippen LogP contribution in [0, 0.1) is 10.1 Å². The van der Waals surface area contributed by atoms with Gasteiger partial charge >= 0.3 is 0 Å². The lowest BCUT2D eigenvalue weighted by atomic mass is 9.96. The van der Waals surface area contributed by atoms with Crippen molar-refractivity contribution in [3.63, 3.8) is 0 Å². The molecule has 0 aliphatic carbocycles. The largest absolute Gasteiger partial charge is 0.259 e. The second kappa shape index (κ2) is 5.98. The molecule has 0 heterocycles. The summed E-state index contributed by atoms with van der Waals surface area (Å²) in [4.78, 5) is 11.0. The van der Waals surface area contributed by atoms with Gasteiger partial charge in [-0.05, 0) is 39.6 Å². The molecule has 3 nitrogen and oxygen atoms in total. The molecule has 0 aliphatic rings. The van der Waals surface area contributed by atoms with Crippen LogP contribution in [-0.2, 0) is 0 Å². The van der Waals surface area contributed by atoms with E-state index in [1.807, 2.05) is 49.4 Å². The van der Waals surface area contributed by atoms with Gasteiger partial charge in [-0.15, -0.1) is 0 Å². The van der Waals surface area contributed by atoms with Crippen LogP contribution in [0.1, 0.15) is 25.3 Å². The van der Waals surface area contributed by atoms with Crippen molar-refractivity contribution in [3.8, 4) is 0 Å². The third-order valence-electron chi connectivity index (χ3n) is 3.86. The molecule has 110 valence electrons. The van der Waals surface area contributed by atoms with E-state index in [0.29, 0.717) is 6.42 Å². The minimum absolute atomic E-state index is 0.267. The summed E-state index contributed by atoms with van der Waals surface area (Å²) in [6.07, 6.45) is 2.96. The SMILES string of the molecule is CCC/C(=C/c1cc2ccccc2c2ccccc12)[N+](=O)[O-]. The Bertz CT molecular complexity index is 881. The zero-order chi connectivity index (χ0) is 15.5. The van der Waals surface area contributed by atoms with Gasteiger partial charge in [-0.25, -0.2) is 0 Å². The predicted octanol–water partition coefficient (Wildman–Crippen LogP) is 5.41. The molecule has 0 aromatic heterocycles.